The zero-order valence-electron chi connectivity index (χ0n) is 21.8. The van der Waals surface area contributed by atoms with Crippen LogP contribution in [0.5, 0.6) is 5.75 Å². The van der Waals surface area contributed by atoms with Gasteiger partial charge >= 0.3 is 0 Å². The standard InChI is InChI=1S/C27H32F2N6O3S/c1-2-3-13-38-21-9-6-7-18(14-21)15-23(36)30-22-12-11-20(32-33-22)8-4-5-10-24-34-35-26(39-24)31-25(37)19-16-27(28,29)17-19/h6-7,9,11-12,14,19H,2-5,8,10,13,15-17H2,1H3,(H,30,33,36)(H,31,35,37). The van der Waals surface area contributed by atoms with E-state index in [2.05, 4.69) is 38.0 Å². The van der Waals surface area contributed by atoms with Gasteiger partial charge in [-0.2, -0.15) is 5.10 Å². The first-order valence-electron chi connectivity index (χ1n) is 13.1. The molecule has 1 aliphatic carbocycles. The zero-order valence-corrected chi connectivity index (χ0v) is 22.6. The van der Waals surface area contributed by atoms with Crippen molar-refractivity contribution in [3.8, 4) is 5.75 Å². The van der Waals surface area contributed by atoms with Crippen molar-refractivity contribution in [1.29, 1.82) is 0 Å². The van der Waals surface area contributed by atoms with Crippen LogP contribution in [0.4, 0.5) is 19.7 Å². The molecule has 0 bridgehead atoms. The van der Waals surface area contributed by atoms with Crippen LogP contribution in [0, 0.1) is 5.92 Å². The summed E-state index contributed by atoms with van der Waals surface area (Å²) in [5.41, 5.74) is 1.67. The number of ether oxygens (including phenoxy) is 1. The molecule has 208 valence electrons. The van der Waals surface area contributed by atoms with Crippen LogP contribution in [0.15, 0.2) is 36.4 Å². The van der Waals surface area contributed by atoms with Crippen LogP contribution < -0.4 is 15.4 Å². The largest absolute Gasteiger partial charge is 0.494 e. The number of nitrogens with one attached hydrogen (secondary N) is 2. The van der Waals surface area contributed by atoms with Crippen molar-refractivity contribution < 1.29 is 23.1 Å². The van der Waals surface area contributed by atoms with Crippen LogP contribution in [0.2, 0.25) is 0 Å². The maximum Gasteiger partial charge on any atom is 0.249 e. The molecule has 2 aromatic heterocycles. The van der Waals surface area contributed by atoms with E-state index in [1.165, 1.54) is 11.3 Å². The summed E-state index contributed by atoms with van der Waals surface area (Å²) in [5.74, 6) is -2.85. The van der Waals surface area contributed by atoms with Gasteiger partial charge in [-0.15, -0.1) is 15.3 Å². The van der Waals surface area contributed by atoms with Crippen molar-refractivity contribution >= 4 is 34.1 Å². The maximum atomic E-state index is 12.9. The van der Waals surface area contributed by atoms with Gasteiger partial charge in [-0.25, -0.2) is 8.78 Å². The Balaban J connectivity index is 1.14. The lowest BCUT2D eigenvalue weighted by molar-refractivity contribution is -0.145. The van der Waals surface area contributed by atoms with E-state index in [-0.39, 0.29) is 12.3 Å². The quantitative estimate of drug-likeness (QED) is 0.260. The summed E-state index contributed by atoms with van der Waals surface area (Å²) in [6.45, 7) is 2.76. The van der Waals surface area contributed by atoms with E-state index in [1.807, 2.05) is 30.3 Å². The highest BCUT2D eigenvalue weighted by Gasteiger charge is 2.48. The SMILES string of the molecule is CCCCOc1cccc(CC(=O)Nc2ccc(CCCCc3nnc(NC(=O)C4CC(F)(F)C4)s3)nn2)c1. The molecule has 1 aromatic carbocycles. The number of hydrogen-bond acceptors (Lipinski definition) is 8. The van der Waals surface area contributed by atoms with Crippen molar-refractivity contribution in [2.24, 2.45) is 5.92 Å². The topological polar surface area (TPSA) is 119 Å². The predicted molar refractivity (Wildman–Crippen MR) is 144 cm³/mol. The minimum Gasteiger partial charge on any atom is -0.494 e. The highest BCUT2D eigenvalue weighted by molar-refractivity contribution is 7.15. The summed E-state index contributed by atoms with van der Waals surface area (Å²) < 4.78 is 31.6. The highest BCUT2D eigenvalue weighted by Crippen LogP contribution is 2.42. The van der Waals surface area contributed by atoms with E-state index >= 15 is 0 Å². The zero-order chi connectivity index (χ0) is 27.7. The smallest absolute Gasteiger partial charge is 0.249 e. The third kappa shape index (κ3) is 9.02. The van der Waals surface area contributed by atoms with Crippen LogP contribution in [0.3, 0.4) is 0 Å². The number of halogens is 2. The Kier molecular flexibility index (Phi) is 9.85. The molecule has 39 heavy (non-hydrogen) atoms. The van der Waals surface area contributed by atoms with Gasteiger partial charge in [0.15, 0.2) is 5.82 Å². The van der Waals surface area contributed by atoms with Gasteiger partial charge in [0, 0.05) is 25.2 Å². The number of nitrogens with zero attached hydrogens (tertiary/aromatic N) is 4. The molecule has 0 aliphatic heterocycles. The van der Waals surface area contributed by atoms with Crippen molar-refractivity contribution in [1.82, 2.24) is 20.4 Å². The molecule has 2 heterocycles. The number of carbonyl (C=O) groups is 2. The molecule has 0 atom stereocenters. The van der Waals surface area contributed by atoms with E-state index < -0.39 is 30.6 Å². The fraction of sp³-hybridized carbons (Fsp3) is 0.481. The summed E-state index contributed by atoms with van der Waals surface area (Å²) in [6.07, 6.45) is 4.50. The molecule has 1 saturated carbocycles. The van der Waals surface area contributed by atoms with E-state index in [0.717, 1.165) is 47.7 Å². The Hall–Kier alpha value is -3.54. The summed E-state index contributed by atoms with van der Waals surface area (Å²) in [5, 5.41) is 22.8. The summed E-state index contributed by atoms with van der Waals surface area (Å²) in [6, 6.07) is 11.1. The highest BCUT2D eigenvalue weighted by atomic mass is 32.1. The third-order valence-electron chi connectivity index (χ3n) is 6.25. The van der Waals surface area contributed by atoms with E-state index in [9.17, 15) is 18.4 Å². The Labute approximate surface area is 229 Å². The number of aryl methyl sites for hydroxylation is 2. The van der Waals surface area contributed by atoms with Gasteiger partial charge in [0.25, 0.3) is 0 Å². The normalized spacial score (nSPS) is 14.4. The minimum atomic E-state index is -2.73. The average Bonchev–Trinajstić information content (AvgIpc) is 3.33. The van der Waals surface area contributed by atoms with Crippen molar-refractivity contribution in [3.05, 3.63) is 52.7 Å². The van der Waals surface area contributed by atoms with Gasteiger partial charge in [0.05, 0.1) is 18.7 Å². The van der Waals surface area contributed by atoms with E-state index in [1.54, 1.807) is 6.07 Å². The monoisotopic (exact) mass is 558 g/mol. The fourth-order valence-corrected chi connectivity index (χ4v) is 4.84. The number of aromatic nitrogens is 4. The summed E-state index contributed by atoms with van der Waals surface area (Å²) >= 11 is 1.26. The second-order valence-electron chi connectivity index (χ2n) is 9.64. The minimum absolute atomic E-state index is 0.180. The third-order valence-corrected chi connectivity index (χ3v) is 7.15. The molecular weight excluding hydrogens is 526 g/mol. The molecule has 0 radical (unpaired) electrons. The molecule has 4 rings (SSSR count). The molecule has 12 heteroatoms. The lowest BCUT2D eigenvalue weighted by Crippen LogP contribution is -2.42. The predicted octanol–water partition coefficient (Wildman–Crippen LogP) is 5.24. The van der Waals surface area contributed by atoms with Crippen molar-refractivity contribution in [2.45, 2.75) is 70.6 Å². The van der Waals surface area contributed by atoms with Gasteiger partial charge in [-0.1, -0.05) is 36.8 Å². The second-order valence-corrected chi connectivity index (χ2v) is 10.7. The summed E-state index contributed by atoms with van der Waals surface area (Å²) in [4.78, 5) is 24.4. The second kappa shape index (κ2) is 13.5. The van der Waals surface area contributed by atoms with Crippen LogP contribution >= 0.6 is 11.3 Å². The van der Waals surface area contributed by atoms with Gasteiger partial charge in [0.2, 0.25) is 22.9 Å². The molecule has 1 fully saturated rings. The Morgan fingerprint density at radius 3 is 2.59 bits per heavy atom. The van der Waals surface area contributed by atoms with Crippen molar-refractivity contribution in [2.75, 3.05) is 17.2 Å². The Bertz CT molecular complexity index is 1250. The number of hydrogen-bond donors (Lipinski definition) is 2. The van der Waals surface area contributed by atoms with E-state index in [0.29, 0.717) is 30.4 Å². The van der Waals surface area contributed by atoms with Crippen LogP contribution in [-0.4, -0.2) is 44.7 Å². The number of unbranched alkanes of at least 4 members (excludes halogenated alkanes) is 2. The van der Waals surface area contributed by atoms with Crippen LogP contribution in [0.1, 0.15) is 61.7 Å². The molecule has 1 aliphatic rings. The average molecular weight is 559 g/mol. The van der Waals surface area contributed by atoms with E-state index in [4.69, 9.17) is 4.74 Å². The van der Waals surface area contributed by atoms with Crippen LogP contribution in [-0.2, 0) is 28.9 Å². The molecule has 2 amide bonds. The van der Waals surface area contributed by atoms with Gasteiger partial charge in [-0.05, 0) is 55.5 Å². The first-order chi connectivity index (χ1) is 18.8. The number of rotatable bonds is 14. The molecule has 0 spiro atoms. The number of amides is 2. The molecule has 2 N–H and O–H groups in total. The molecular formula is C27H32F2N6O3S. The van der Waals surface area contributed by atoms with Gasteiger partial charge in [-0.3, -0.25) is 9.59 Å². The summed E-state index contributed by atoms with van der Waals surface area (Å²) in [7, 11) is 0. The van der Waals surface area contributed by atoms with Gasteiger partial charge in [0.1, 0.15) is 10.8 Å². The lowest BCUT2D eigenvalue weighted by Gasteiger charge is -2.33. The number of benzene rings is 1. The molecule has 0 saturated heterocycles. The first-order valence-corrected chi connectivity index (χ1v) is 14.0. The lowest BCUT2D eigenvalue weighted by atomic mass is 9.81. The number of alkyl halides is 2. The van der Waals surface area contributed by atoms with Gasteiger partial charge < -0.3 is 15.4 Å². The number of carbonyl (C=O) groups excluding carboxylic acids is 2. The Morgan fingerprint density at radius 2 is 1.85 bits per heavy atom. The molecule has 3 aromatic rings. The fourth-order valence-electron chi connectivity index (χ4n) is 4.05. The maximum absolute atomic E-state index is 12.9. The Morgan fingerprint density at radius 1 is 1.03 bits per heavy atom. The van der Waals surface area contributed by atoms with Crippen LogP contribution in [0.25, 0.3) is 0 Å². The first kappa shape index (κ1) is 28.5. The molecule has 9 nitrogen and oxygen atoms in total. The number of anilines is 2. The molecule has 0 unspecified atom stereocenters. The van der Waals surface area contributed by atoms with Crippen molar-refractivity contribution in [3.63, 3.8) is 0 Å².